The van der Waals surface area contributed by atoms with Crippen LogP contribution in [-0.4, -0.2) is 24.4 Å². The Bertz CT molecular complexity index is 840. The first-order chi connectivity index (χ1) is 14.1. The first-order valence-corrected chi connectivity index (χ1v) is 10.6. The first kappa shape index (κ1) is 20.9. The topological polar surface area (TPSA) is 70.2 Å². The third-order valence-electron chi connectivity index (χ3n) is 5.54. The van der Waals surface area contributed by atoms with Gasteiger partial charge in [-0.1, -0.05) is 44.4 Å². The van der Waals surface area contributed by atoms with Gasteiger partial charge in [0.05, 0.1) is 6.54 Å². The van der Waals surface area contributed by atoms with Crippen molar-refractivity contribution in [1.29, 1.82) is 0 Å². The van der Waals surface area contributed by atoms with Crippen LogP contribution in [0.3, 0.4) is 0 Å². The van der Waals surface area contributed by atoms with E-state index in [1.165, 1.54) is 19.3 Å². The molecule has 0 heterocycles. The van der Waals surface area contributed by atoms with E-state index in [1.54, 1.807) is 12.1 Å². The number of nitrogens with one attached hydrogen (secondary N) is 3. The van der Waals surface area contributed by atoms with Gasteiger partial charge >= 0.3 is 0 Å². The Hall–Kier alpha value is -2.82. The van der Waals surface area contributed by atoms with Crippen LogP contribution >= 0.6 is 0 Å². The Morgan fingerprint density at radius 1 is 1.00 bits per heavy atom. The van der Waals surface area contributed by atoms with E-state index in [9.17, 15) is 9.59 Å². The molecule has 1 fully saturated rings. The van der Waals surface area contributed by atoms with Gasteiger partial charge in [-0.15, -0.1) is 0 Å². The predicted molar refractivity (Wildman–Crippen MR) is 118 cm³/mol. The van der Waals surface area contributed by atoms with Gasteiger partial charge in [-0.2, -0.15) is 0 Å². The maximum atomic E-state index is 12.4. The summed E-state index contributed by atoms with van der Waals surface area (Å²) >= 11 is 0. The second-order valence-corrected chi connectivity index (χ2v) is 7.75. The molecule has 1 aliphatic rings. The van der Waals surface area contributed by atoms with Crippen LogP contribution in [0.4, 0.5) is 11.4 Å². The molecule has 1 saturated carbocycles. The van der Waals surface area contributed by atoms with Gasteiger partial charge in [-0.05, 0) is 61.6 Å². The lowest BCUT2D eigenvalue weighted by Gasteiger charge is -2.22. The van der Waals surface area contributed by atoms with Crippen LogP contribution in [0.1, 0.15) is 60.5 Å². The molecule has 0 saturated heterocycles. The summed E-state index contributed by atoms with van der Waals surface area (Å²) < 4.78 is 0. The maximum absolute atomic E-state index is 12.4. The van der Waals surface area contributed by atoms with E-state index in [-0.39, 0.29) is 18.4 Å². The van der Waals surface area contributed by atoms with Crippen LogP contribution in [0.2, 0.25) is 0 Å². The molecule has 5 nitrogen and oxygen atoms in total. The number of anilines is 2. The van der Waals surface area contributed by atoms with E-state index in [1.807, 2.05) is 37.3 Å². The van der Waals surface area contributed by atoms with Crippen molar-refractivity contribution >= 4 is 23.2 Å². The monoisotopic (exact) mass is 393 g/mol. The average Bonchev–Trinajstić information content (AvgIpc) is 2.74. The largest absolute Gasteiger partial charge is 0.376 e. The minimum atomic E-state index is -0.0897. The molecular formula is C24H31N3O2. The van der Waals surface area contributed by atoms with Crippen LogP contribution < -0.4 is 16.0 Å². The third kappa shape index (κ3) is 5.83. The fourth-order valence-corrected chi connectivity index (χ4v) is 3.82. The maximum Gasteiger partial charge on any atom is 0.251 e. The summed E-state index contributed by atoms with van der Waals surface area (Å²) in [4.78, 5) is 24.8. The van der Waals surface area contributed by atoms with Crippen LogP contribution in [0.15, 0.2) is 42.5 Å². The molecule has 2 aromatic carbocycles. The number of aryl methyl sites for hydroxylation is 2. The van der Waals surface area contributed by atoms with Crippen molar-refractivity contribution in [2.24, 2.45) is 0 Å². The molecule has 2 amide bonds. The lowest BCUT2D eigenvalue weighted by atomic mass is 9.95. The van der Waals surface area contributed by atoms with E-state index < -0.39 is 0 Å². The Labute approximate surface area is 173 Å². The van der Waals surface area contributed by atoms with Gasteiger partial charge in [0, 0.05) is 23.0 Å². The van der Waals surface area contributed by atoms with Crippen molar-refractivity contribution in [1.82, 2.24) is 5.32 Å². The van der Waals surface area contributed by atoms with Crippen LogP contribution in [0.25, 0.3) is 0 Å². The number of rotatable bonds is 7. The number of para-hydroxylation sites is 1. The summed E-state index contributed by atoms with van der Waals surface area (Å²) in [7, 11) is 0. The summed E-state index contributed by atoms with van der Waals surface area (Å²) in [5.74, 6) is -0.110. The zero-order chi connectivity index (χ0) is 20.6. The predicted octanol–water partition coefficient (Wildman–Crippen LogP) is 4.67. The van der Waals surface area contributed by atoms with Crippen LogP contribution in [0, 0.1) is 6.92 Å². The minimum Gasteiger partial charge on any atom is -0.376 e. The molecule has 2 aromatic rings. The Kier molecular flexibility index (Phi) is 7.28. The summed E-state index contributed by atoms with van der Waals surface area (Å²) in [6, 6.07) is 13.6. The molecular weight excluding hydrogens is 362 g/mol. The van der Waals surface area contributed by atoms with Gasteiger partial charge in [0.15, 0.2) is 0 Å². The van der Waals surface area contributed by atoms with Crippen molar-refractivity contribution in [2.75, 3.05) is 17.2 Å². The number of hydrogen-bond acceptors (Lipinski definition) is 3. The lowest BCUT2D eigenvalue weighted by Crippen LogP contribution is -2.36. The number of carbonyl (C=O) groups excluding carboxylic acids is 2. The van der Waals surface area contributed by atoms with Crippen molar-refractivity contribution in [3.05, 3.63) is 59.2 Å². The summed E-state index contributed by atoms with van der Waals surface area (Å²) in [6.07, 6.45) is 6.66. The second-order valence-electron chi connectivity index (χ2n) is 7.75. The van der Waals surface area contributed by atoms with E-state index >= 15 is 0 Å². The normalized spacial score (nSPS) is 14.3. The number of amides is 2. The third-order valence-corrected chi connectivity index (χ3v) is 5.54. The highest BCUT2D eigenvalue weighted by molar-refractivity contribution is 5.96. The molecule has 29 heavy (non-hydrogen) atoms. The number of hydrogen-bond donors (Lipinski definition) is 3. The highest BCUT2D eigenvalue weighted by Gasteiger charge is 2.16. The molecule has 0 aliphatic heterocycles. The SMILES string of the molecule is CCc1cccc(C)c1NC(=O)CNc1ccc(C(=O)NC2CCCCC2)cc1. The molecule has 3 N–H and O–H groups in total. The average molecular weight is 394 g/mol. The fourth-order valence-electron chi connectivity index (χ4n) is 3.82. The quantitative estimate of drug-likeness (QED) is 0.640. The zero-order valence-corrected chi connectivity index (χ0v) is 17.4. The van der Waals surface area contributed by atoms with Gasteiger partial charge in [0.1, 0.15) is 0 Å². The molecule has 0 atom stereocenters. The molecule has 0 aromatic heterocycles. The van der Waals surface area contributed by atoms with Crippen molar-refractivity contribution in [3.8, 4) is 0 Å². The van der Waals surface area contributed by atoms with Crippen LogP contribution in [-0.2, 0) is 11.2 Å². The zero-order valence-electron chi connectivity index (χ0n) is 17.4. The van der Waals surface area contributed by atoms with Gasteiger partial charge in [-0.25, -0.2) is 0 Å². The molecule has 0 spiro atoms. The van der Waals surface area contributed by atoms with E-state index in [2.05, 4.69) is 22.9 Å². The van der Waals surface area contributed by atoms with Crippen LogP contribution in [0.5, 0.6) is 0 Å². The molecule has 5 heteroatoms. The summed E-state index contributed by atoms with van der Waals surface area (Å²) in [5.41, 5.74) is 4.56. The lowest BCUT2D eigenvalue weighted by molar-refractivity contribution is -0.114. The summed E-state index contributed by atoms with van der Waals surface area (Å²) in [5, 5.41) is 9.26. The van der Waals surface area contributed by atoms with Gasteiger partial charge in [0.25, 0.3) is 5.91 Å². The second kappa shape index (κ2) is 10.1. The van der Waals surface area contributed by atoms with E-state index in [0.717, 1.165) is 41.8 Å². The molecule has 1 aliphatic carbocycles. The van der Waals surface area contributed by atoms with E-state index in [0.29, 0.717) is 11.6 Å². The van der Waals surface area contributed by atoms with Crippen molar-refractivity contribution in [3.63, 3.8) is 0 Å². The van der Waals surface area contributed by atoms with Gasteiger partial charge in [-0.3, -0.25) is 9.59 Å². The molecule has 154 valence electrons. The van der Waals surface area contributed by atoms with Gasteiger partial charge < -0.3 is 16.0 Å². The Morgan fingerprint density at radius 3 is 2.41 bits per heavy atom. The highest BCUT2D eigenvalue weighted by Crippen LogP contribution is 2.21. The number of benzene rings is 2. The molecule has 0 unspecified atom stereocenters. The molecule has 0 radical (unpaired) electrons. The standard InChI is InChI=1S/C24H31N3O2/c1-3-18-9-7-8-17(2)23(18)27-22(28)16-25-20-14-12-19(13-15-20)24(29)26-21-10-5-4-6-11-21/h7-9,12-15,21,25H,3-6,10-11,16H2,1-2H3,(H,26,29)(H,27,28). The Balaban J connectivity index is 1.51. The summed E-state index contributed by atoms with van der Waals surface area (Å²) in [6.45, 7) is 4.25. The molecule has 3 rings (SSSR count). The van der Waals surface area contributed by atoms with Gasteiger partial charge in [0.2, 0.25) is 5.91 Å². The van der Waals surface area contributed by atoms with Crippen molar-refractivity contribution in [2.45, 2.75) is 58.4 Å². The van der Waals surface area contributed by atoms with Crippen molar-refractivity contribution < 1.29 is 9.59 Å². The molecule has 0 bridgehead atoms. The Morgan fingerprint density at radius 2 is 1.72 bits per heavy atom. The number of carbonyl (C=O) groups is 2. The van der Waals surface area contributed by atoms with E-state index in [4.69, 9.17) is 0 Å². The fraction of sp³-hybridized carbons (Fsp3) is 0.417. The highest BCUT2D eigenvalue weighted by atomic mass is 16.2. The smallest absolute Gasteiger partial charge is 0.251 e. The first-order valence-electron chi connectivity index (χ1n) is 10.6. The minimum absolute atomic E-state index is 0.0205.